The van der Waals surface area contributed by atoms with Gasteiger partial charge in [-0.05, 0) is 48.1 Å². The van der Waals surface area contributed by atoms with Crippen LogP contribution in [-0.2, 0) is 16.3 Å². The molecule has 3 atom stereocenters. The molecule has 32 heavy (non-hydrogen) atoms. The Kier molecular flexibility index (Phi) is 5.33. The normalized spacial score (nSPS) is 21.9. The SMILES string of the molecule is CCc1cnc(N2C[C@@H]3C(COc4ccc(-c5ccc(S(C)(=O)=O)cc5)nc4)[C@@H]3C2)nc1. The topological polar surface area (TPSA) is 85.3 Å². The second-order valence-corrected chi connectivity index (χ2v) is 10.6. The summed E-state index contributed by atoms with van der Waals surface area (Å²) in [7, 11) is -3.20. The van der Waals surface area contributed by atoms with Crippen LogP contribution in [0, 0.1) is 17.8 Å². The van der Waals surface area contributed by atoms with E-state index in [1.165, 1.54) is 6.26 Å². The van der Waals surface area contributed by atoms with Gasteiger partial charge in [0.15, 0.2) is 9.84 Å². The summed E-state index contributed by atoms with van der Waals surface area (Å²) < 4.78 is 29.2. The van der Waals surface area contributed by atoms with Crippen LogP contribution in [0.25, 0.3) is 11.3 Å². The molecule has 0 amide bonds. The number of pyridine rings is 1. The molecular weight excluding hydrogens is 424 g/mol. The first-order valence-corrected chi connectivity index (χ1v) is 12.8. The lowest BCUT2D eigenvalue weighted by Crippen LogP contribution is -2.27. The molecular formula is C24H26N4O3S. The van der Waals surface area contributed by atoms with Crippen LogP contribution >= 0.6 is 0 Å². The summed E-state index contributed by atoms with van der Waals surface area (Å²) in [4.78, 5) is 16.1. The second-order valence-electron chi connectivity index (χ2n) is 8.63. The van der Waals surface area contributed by atoms with Gasteiger partial charge in [0.25, 0.3) is 0 Å². The van der Waals surface area contributed by atoms with Crippen LogP contribution < -0.4 is 9.64 Å². The van der Waals surface area contributed by atoms with Crippen LogP contribution in [-0.4, -0.2) is 49.3 Å². The van der Waals surface area contributed by atoms with Gasteiger partial charge in [-0.3, -0.25) is 4.98 Å². The molecule has 3 aromatic rings. The summed E-state index contributed by atoms with van der Waals surface area (Å²) >= 11 is 0. The first kappa shape index (κ1) is 20.9. The predicted molar refractivity (Wildman–Crippen MR) is 122 cm³/mol. The van der Waals surface area contributed by atoms with Crippen LogP contribution in [0.2, 0.25) is 0 Å². The first-order valence-electron chi connectivity index (χ1n) is 10.9. The number of ether oxygens (including phenoxy) is 1. The number of aromatic nitrogens is 3. The van der Waals surface area contributed by atoms with Crippen molar-refractivity contribution in [1.82, 2.24) is 15.0 Å². The lowest BCUT2D eigenvalue weighted by atomic mass is 10.1. The van der Waals surface area contributed by atoms with Crippen LogP contribution in [0.4, 0.5) is 5.95 Å². The lowest BCUT2D eigenvalue weighted by molar-refractivity contribution is 0.282. The van der Waals surface area contributed by atoms with E-state index in [1.54, 1.807) is 30.5 Å². The molecule has 7 nitrogen and oxygen atoms in total. The number of rotatable bonds is 7. The van der Waals surface area contributed by atoms with E-state index < -0.39 is 9.84 Å². The molecule has 166 valence electrons. The van der Waals surface area contributed by atoms with Crippen molar-refractivity contribution in [2.24, 2.45) is 17.8 Å². The third-order valence-corrected chi connectivity index (χ3v) is 7.64. The van der Waals surface area contributed by atoms with Crippen molar-refractivity contribution in [3.8, 4) is 17.0 Å². The highest BCUT2D eigenvalue weighted by Crippen LogP contribution is 2.52. The van der Waals surface area contributed by atoms with E-state index in [0.717, 1.165) is 48.0 Å². The highest BCUT2D eigenvalue weighted by Gasteiger charge is 2.56. The number of piperidine rings is 1. The molecule has 1 unspecified atom stereocenters. The molecule has 0 spiro atoms. The summed E-state index contributed by atoms with van der Waals surface area (Å²) in [5.41, 5.74) is 2.82. The zero-order chi connectivity index (χ0) is 22.3. The fourth-order valence-corrected chi connectivity index (χ4v) is 5.09. The van der Waals surface area contributed by atoms with Crippen molar-refractivity contribution < 1.29 is 13.2 Å². The zero-order valence-corrected chi connectivity index (χ0v) is 19.0. The van der Waals surface area contributed by atoms with Gasteiger partial charge in [-0.1, -0.05) is 19.1 Å². The Morgan fingerprint density at radius 2 is 1.66 bits per heavy atom. The molecule has 1 saturated carbocycles. The number of sulfone groups is 1. The van der Waals surface area contributed by atoms with Gasteiger partial charge in [0.05, 0.1) is 23.4 Å². The van der Waals surface area contributed by atoms with Gasteiger partial charge in [-0.2, -0.15) is 0 Å². The fourth-order valence-electron chi connectivity index (χ4n) is 4.46. The van der Waals surface area contributed by atoms with Crippen molar-refractivity contribution in [2.75, 3.05) is 30.9 Å². The van der Waals surface area contributed by atoms with Crippen LogP contribution in [0.15, 0.2) is 59.9 Å². The molecule has 5 rings (SSSR count). The van der Waals surface area contributed by atoms with E-state index in [9.17, 15) is 8.42 Å². The van der Waals surface area contributed by atoms with E-state index in [-0.39, 0.29) is 0 Å². The molecule has 3 heterocycles. The quantitative estimate of drug-likeness (QED) is 0.546. The number of hydrogen-bond acceptors (Lipinski definition) is 7. The second kappa shape index (κ2) is 8.16. The van der Waals surface area contributed by atoms with Gasteiger partial charge in [-0.15, -0.1) is 0 Å². The Labute approximate surface area is 188 Å². The highest BCUT2D eigenvalue weighted by atomic mass is 32.2. The minimum absolute atomic E-state index is 0.305. The van der Waals surface area contributed by atoms with E-state index >= 15 is 0 Å². The first-order chi connectivity index (χ1) is 15.4. The Balaban J connectivity index is 1.13. The molecule has 0 radical (unpaired) electrons. The van der Waals surface area contributed by atoms with Gasteiger partial charge in [0, 0.05) is 43.2 Å². The summed E-state index contributed by atoms with van der Waals surface area (Å²) in [6.07, 6.45) is 7.73. The maximum absolute atomic E-state index is 11.6. The molecule has 2 fully saturated rings. The van der Waals surface area contributed by atoms with Crippen molar-refractivity contribution in [3.63, 3.8) is 0 Å². The summed E-state index contributed by atoms with van der Waals surface area (Å²) in [5.74, 6) is 3.44. The van der Waals surface area contributed by atoms with Crippen molar-refractivity contribution in [1.29, 1.82) is 0 Å². The maximum atomic E-state index is 11.6. The van der Waals surface area contributed by atoms with E-state index in [0.29, 0.717) is 29.3 Å². The Bertz CT molecular complexity index is 1180. The van der Waals surface area contributed by atoms with Crippen molar-refractivity contribution >= 4 is 15.8 Å². The van der Waals surface area contributed by atoms with Crippen LogP contribution in [0.1, 0.15) is 12.5 Å². The smallest absolute Gasteiger partial charge is 0.225 e. The molecule has 0 N–H and O–H groups in total. The minimum atomic E-state index is -3.20. The molecule has 1 aromatic carbocycles. The minimum Gasteiger partial charge on any atom is -0.492 e. The third-order valence-electron chi connectivity index (χ3n) is 6.51. The van der Waals surface area contributed by atoms with E-state index in [1.807, 2.05) is 24.5 Å². The molecule has 1 aliphatic carbocycles. The number of aryl methyl sites for hydroxylation is 1. The Hall–Kier alpha value is -3.00. The number of anilines is 1. The summed E-state index contributed by atoms with van der Waals surface area (Å²) in [6, 6.07) is 10.6. The molecule has 0 bridgehead atoms. The van der Waals surface area contributed by atoms with Crippen LogP contribution in [0.3, 0.4) is 0 Å². The average molecular weight is 451 g/mol. The molecule has 2 aliphatic rings. The van der Waals surface area contributed by atoms with Gasteiger partial charge in [0.2, 0.25) is 5.95 Å². The third kappa shape index (κ3) is 4.19. The molecule has 2 aromatic heterocycles. The van der Waals surface area contributed by atoms with Gasteiger partial charge < -0.3 is 9.64 Å². The van der Waals surface area contributed by atoms with Crippen molar-refractivity contribution in [3.05, 3.63) is 60.6 Å². The lowest BCUT2D eigenvalue weighted by Gasteiger charge is -2.19. The zero-order valence-electron chi connectivity index (χ0n) is 18.2. The standard InChI is InChI=1S/C24H26N4O3S/c1-3-16-10-26-24(27-11-16)28-13-20-21(14-28)22(20)15-31-18-6-9-23(25-12-18)17-4-7-19(8-5-17)32(2,29)30/h4-12,20-22H,3,13-15H2,1-2H3/t20-,21+,22?. The van der Waals surface area contributed by atoms with Crippen LogP contribution in [0.5, 0.6) is 5.75 Å². The number of benzene rings is 1. The monoisotopic (exact) mass is 450 g/mol. The molecule has 8 heteroatoms. The largest absolute Gasteiger partial charge is 0.492 e. The Morgan fingerprint density at radius 1 is 0.969 bits per heavy atom. The number of hydrogen-bond donors (Lipinski definition) is 0. The number of fused-ring (bicyclic) bond motifs is 1. The predicted octanol–water partition coefficient (Wildman–Crippen LogP) is 3.27. The summed E-state index contributed by atoms with van der Waals surface area (Å²) in [5, 5.41) is 0. The molecule has 1 saturated heterocycles. The number of nitrogens with zero attached hydrogens (tertiary/aromatic N) is 4. The average Bonchev–Trinajstić information content (AvgIpc) is 3.26. The van der Waals surface area contributed by atoms with Gasteiger partial charge >= 0.3 is 0 Å². The van der Waals surface area contributed by atoms with E-state index in [2.05, 4.69) is 26.8 Å². The van der Waals surface area contributed by atoms with E-state index in [4.69, 9.17) is 4.74 Å². The molecule has 1 aliphatic heterocycles. The fraction of sp³-hybridized carbons (Fsp3) is 0.375. The Morgan fingerprint density at radius 3 is 2.22 bits per heavy atom. The van der Waals surface area contributed by atoms with Gasteiger partial charge in [0.1, 0.15) is 5.75 Å². The maximum Gasteiger partial charge on any atom is 0.225 e. The van der Waals surface area contributed by atoms with Crippen molar-refractivity contribution in [2.45, 2.75) is 18.2 Å². The summed E-state index contributed by atoms with van der Waals surface area (Å²) in [6.45, 7) is 4.79. The van der Waals surface area contributed by atoms with Gasteiger partial charge in [-0.25, -0.2) is 18.4 Å². The highest BCUT2D eigenvalue weighted by molar-refractivity contribution is 7.90.